The molecule has 0 aromatic carbocycles. The number of nitrogens with zero attached hydrogens (tertiary/aromatic N) is 7. The molecular formula is C21H25FN8. The van der Waals surface area contributed by atoms with Gasteiger partial charge in [0.15, 0.2) is 5.65 Å². The number of anilines is 1. The highest BCUT2D eigenvalue weighted by molar-refractivity contribution is 5.82. The molecule has 1 fully saturated rings. The number of fused-ring (bicyclic) bond motifs is 2. The monoisotopic (exact) mass is 408 g/mol. The Morgan fingerprint density at radius 3 is 2.80 bits per heavy atom. The van der Waals surface area contributed by atoms with E-state index in [0.29, 0.717) is 23.7 Å². The number of hydrogen-bond acceptors (Lipinski definition) is 6. The number of aryl methyl sites for hydroxylation is 2. The summed E-state index contributed by atoms with van der Waals surface area (Å²) in [5.74, 6) is 1.40. The molecule has 9 heteroatoms. The molecule has 30 heavy (non-hydrogen) atoms. The molecule has 8 nitrogen and oxygen atoms in total. The van der Waals surface area contributed by atoms with E-state index in [2.05, 4.69) is 39.4 Å². The van der Waals surface area contributed by atoms with Crippen LogP contribution >= 0.6 is 0 Å². The average molecular weight is 408 g/mol. The van der Waals surface area contributed by atoms with Gasteiger partial charge in [0.2, 0.25) is 5.95 Å². The smallest absolute Gasteiger partial charge is 0.241 e. The van der Waals surface area contributed by atoms with E-state index in [1.807, 2.05) is 46.6 Å². The molecule has 0 bridgehead atoms. The maximum Gasteiger partial charge on any atom is 0.241 e. The van der Waals surface area contributed by atoms with Crippen LogP contribution in [0.25, 0.3) is 27.9 Å². The summed E-state index contributed by atoms with van der Waals surface area (Å²) < 4.78 is 16.6. The largest absolute Gasteiger partial charge is 0.350 e. The van der Waals surface area contributed by atoms with E-state index in [1.54, 1.807) is 0 Å². The molecule has 1 saturated carbocycles. The topological polar surface area (TPSA) is 76.2 Å². The molecule has 4 aromatic rings. The van der Waals surface area contributed by atoms with Crippen LogP contribution in [-0.2, 0) is 6.54 Å². The minimum absolute atomic E-state index is 0.253. The standard InChI is InChI=1S/C21H25FN8/c1-13-24-18-5-4-17(26-20(18)29(13)9-7-22)16-6-8-30-19(16)12-23-21(27-30)25-14-10-15(11-14)28(2)3/h4-6,8,12,14-15H,7,9-11H2,1-3H3,(H,25,27). The van der Waals surface area contributed by atoms with E-state index in [4.69, 9.17) is 4.98 Å². The molecule has 1 aliphatic rings. The summed E-state index contributed by atoms with van der Waals surface area (Å²) in [4.78, 5) is 16.0. The van der Waals surface area contributed by atoms with Crippen LogP contribution in [-0.4, -0.2) is 66.9 Å². The van der Waals surface area contributed by atoms with Crippen molar-refractivity contribution in [3.8, 4) is 11.3 Å². The Kier molecular flexibility index (Phi) is 4.62. The third-order valence-electron chi connectivity index (χ3n) is 5.96. The van der Waals surface area contributed by atoms with Gasteiger partial charge in [-0.3, -0.25) is 0 Å². The predicted molar refractivity (Wildman–Crippen MR) is 114 cm³/mol. The third kappa shape index (κ3) is 3.19. The number of rotatable bonds is 6. The first-order valence-corrected chi connectivity index (χ1v) is 10.2. The molecule has 1 aliphatic carbocycles. The van der Waals surface area contributed by atoms with Gasteiger partial charge in [-0.25, -0.2) is 23.9 Å². The van der Waals surface area contributed by atoms with E-state index < -0.39 is 6.67 Å². The summed E-state index contributed by atoms with van der Waals surface area (Å²) in [5, 5.41) is 8.03. The fourth-order valence-corrected chi connectivity index (χ4v) is 4.11. The normalized spacial score (nSPS) is 19.0. The number of nitrogens with one attached hydrogen (secondary N) is 1. The second kappa shape index (κ2) is 7.32. The Hall–Kier alpha value is -3.07. The Bertz CT molecular complexity index is 1200. The number of pyridine rings is 1. The Balaban J connectivity index is 1.43. The molecule has 4 heterocycles. The van der Waals surface area contributed by atoms with Crippen molar-refractivity contribution in [1.82, 2.24) is 34.0 Å². The quantitative estimate of drug-likeness (QED) is 0.529. The van der Waals surface area contributed by atoms with Gasteiger partial charge >= 0.3 is 0 Å². The van der Waals surface area contributed by atoms with Crippen LogP contribution in [0.1, 0.15) is 18.7 Å². The highest BCUT2D eigenvalue weighted by Gasteiger charge is 2.31. The molecule has 5 rings (SSSR count). The fourth-order valence-electron chi connectivity index (χ4n) is 4.11. The summed E-state index contributed by atoms with van der Waals surface area (Å²) >= 11 is 0. The lowest BCUT2D eigenvalue weighted by molar-refractivity contribution is 0.177. The van der Waals surface area contributed by atoms with Gasteiger partial charge < -0.3 is 14.8 Å². The van der Waals surface area contributed by atoms with Crippen LogP contribution in [0.4, 0.5) is 10.3 Å². The molecule has 0 spiro atoms. The van der Waals surface area contributed by atoms with Gasteiger partial charge in [0.05, 0.1) is 24.0 Å². The van der Waals surface area contributed by atoms with Crippen molar-refractivity contribution in [1.29, 1.82) is 0 Å². The maximum atomic E-state index is 13.0. The molecule has 0 aliphatic heterocycles. The first kappa shape index (κ1) is 18.9. The average Bonchev–Trinajstić information content (AvgIpc) is 3.24. The van der Waals surface area contributed by atoms with Gasteiger partial charge in [-0.2, -0.15) is 0 Å². The molecule has 0 unspecified atom stereocenters. The zero-order chi connectivity index (χ0) is 20.8. The molecule has 0 radical (unpaired) electrons. The van der Waals surface area contributed by atoms with Crippen molar-refractivity contribution in [2.45, 2.75) is 38.4 Å². The Morgan fingerprint density at radius 2 is 2.03 bits per heavy atom. The molecule has 156 valence electrons. The summed E-state index contributed by atoms with van der Waals surface area (Å²) in [7, 11) is 4.23. The second-order valence-electron chi connectivity index (χ2n) is 8.11. The summed E-state index contributed by atoms with van der Waals surface area (Å²) in [5.41, 5.74) is 4.07. The minimum Gasteiger partial charge on any atom is -0.350 e. The van der Waals surface area contributed by atoms with Gasteiger partial charge in [-0.05, 0) is 52.1 Å². The van der Waals surface area contributed by atoms with Crippen molar-refractivity contribution in [3.63, 3.8) is 0 Å². The zero-order valence-corrected chi connectivity index (χ0v) is 17.4. The first-order chi connectivity index (χ1) is 14.5. The highest BCUT2D eigenvalue weighted by Crippen LogP contribution is 2.28. The van der Waals surface area contributed by atoms with Crippen LogP contribution in [0.3, 0.4) is 0 Å². The van der Waals surface area contributed by atoms with Gasteiger partial charge in [0.1, 0.15) is 18.0 Å². The molecular weight excluding hydrogens is 383 g/mol. The van der Waals surface area contributed by atoms with E-state index >= 15 is 0 Å². The lowest BCUT2D eigenvalue weighted by Crippen LogP contribution is -2.47. The van der Waals surface area contributed by atoms with E-state index in [-0.39, 0.29) is 6.54 Å². The first-order valence-electron chi connectivity index (χ1n) is 10.2. The van der Waals surface area contributed by atoms with Crippen LogP contribution in [0.5, 0.6) is 0 Å². The van der Waals surface area contributed by atoms with Crippen molar-refractivity contribution in [2.75, 3.05) is 26.1 Å². The number of alkyl halides is 1. The van der Waals surface area contributed by atoms with Gasteiger partial charge in [0.25, 0.3) is 0 Å². The minimum atomic E-state index is -0.451. The zero-order valence-electron chi connectivity index (χ0n) is 17.4. The Morgan fingerprint density at radius 1 is 1.20 bits per heavy atom. The number of aromatic nitrogens is 6. The summed E-state index contributed by atoms with van der Waals surface area (Å²) in [6, 6.07) is 6.88. The van der Waals surface area contributed by atoms with Crippen LogP contribution < -0.4 is 5.32 Å². The third-order valence-corrected chi connectivity index (χ3v) is 5.96. The van der Waals surface area contributed by atoms with Gasteiger partial charge in [0, 0.05) is 23.8 Å². The van der Waals surface area contributed by atoms with Crippen molar-refractivity contribution in [3.05, 3.63) is 36.4 Å². The van der Waals surface area contributed by atoms with Gasteiger partial charge in [-0.1, -0.05) is 0 Å². The number of imidazole rings is 1. The highest BCUT2D eigenvalue weighted by atomic mass is 19.1. The van der Waals surface area contributed by atoms with Crippen LogP contribution in [0.15, 0.2) is 30.6 Å². The molecule has 0 saturated heterocycles. The summed E-state index contributed by atoms with van der Waals surface area (Å²) in [6.07, 6.45) is 5.93. The fraction of sp³-hybridized carbons (Fsp3) is 0.429. The number of hydrogen-bond donors (Lipinski definition) is 1. The van der Waals surface area contributed by atoms with Crippen LogP contribution in [0.2, 0.25) is 0 Å². The Labute approximate surface area is 173 Å². The molecule has 1 N–H and O–H groups in total. The van der Waals surface area contributed by atoms with Crippen LogP contribution in [0, 0.1) is 6.92 Å². The van der Waals surface area contributed by atoms with Crippen molar-refractivity contribution >= 4 is 22.6 Å². The lowest BCUT2D eigenvalue weighted by Gasteiger charge is -2.39. The summed E-state index contributed by atoms with van der Waals surface area (Å²) in [6.45, 7) is 1.67. The SMILES string of the molecule is Cc1nc2ccc(-c3ccn4nc(NC5CC(N(C)C)C5)ncc34)nc2n1CCF. The van der Waals surface area contributed by atoms with Crippen molar-refractivity contribution in [2.24, 2.45) is 0 Å². The molecule has 0 amide bonds. The van der Waals surface area contributed by atoms with E-state index in [9.17, 15) is 4.39 Å². The molecule has 4 aromatic heterocycles. The second-order valence-corrected chi connectivity index (χ2v) is 8.11. The van der Waals surface area contributed by atoms with E-state index in [1.165, 1.54) is 0 Å². The van der Waals surface area contributed by atoms with Gasteiger partial charge in [-0.15, -0.1) is 5.10 Å². The van der Waals surface area contributed by atoms with Crippen molar-refractivity contribution < 1.29 is 4.39 Å². The lowest BCUT2D eigenvalue weighted by atomic mass is 9.86. The molecule has 0 atom stereocenters. The van der Waals surface area contributed by atoms with E-state index in [0.717, 1.165) is 41.0 Å². The predicted octanol–water partition coefficient (Wildman–Crippen LogP) is 2.92. The maximum absolute atomic E-state index is 13.0. The number of halogens is 1.